The Hall–Kier alpha value is -2.94. The number of benzene rings is 1. The Morgan fingerprint density at radius 3 is 2.77 bits per heavy atom. The van der Waals surface area contributed by atoms with Crippen LogP contribution in [0.5, 0.6) is 0 Å². The maximum absolute atomic E-state index is 12.6. The molecule has 4 rings (SSSR count). The van der Waals surface area contributed by atoms with Crippen molar-refractivity contribution < 1.29 is 4.79 Å². The molecule has 0 radical (unpaired) electrons. The topological polar surface area (TPSA) is 88.0 Å². The molecule has 9 heteroatoms. The molecule has 2 aromatic heterocycles. The van der Waals surface area contributed by atoms with E-state index in [2.05, 4.69) is 43.7 Å². The number of anilines is 3. The van der Waals surface area contributed by atoms with E-state index in [9.17, 15) is 4.79 Å². The molecule has 0 atom stereocenters. The van der Waals surface area contributed by atoms with Gasteiger partial charge in [-0.25, -0.2) is 9.78 Å². The van der Waals surface area contributed by atoms with Gasteiger partial charge in [0.25, 0.3) is 0 Å². The van der Waals surface area contributed by atoms with Gasteiger partial charge in [-0.15, -0.1) is 21.5 Å². The molecule has 30 heavy (non-hydrogen) atoms. The largest absolute Gasteiger partial charge is 0.370 e. The number of aromatic nitrogens is 4. The normalized spacial score (nSPS) is 14.0. The number of urea groups is 1. The number of carbonyl (C=O) groups is 1. The minimum absolute atomic E-state index is 0.272. The first-order chi connectivity index (χ1) is 14.6. The van der Waals surface area contributed by atoms with Crippen LogP contribution in [0.15, 0.2) is 30.7 Å². The van der Waals surface area contributed by atoms with Gasteiger partial charge in [0.2, 0.25) is 0 Å². The first-order valence-electron chi connectivity index (χ1n) is 10.3. The summed E-state index contributed by atoms with van der Waals surface area (Å²) in [6, 6.07) is 5.88. The monoisotopic (exact) mass is 425 g/mol. The molecule has 1 fully saturated rings. The van der Waals surface area contributed by atoms with Crippen LogP contribution in [0, 0.1) is 6.92 Å². The van der Waals surface area contributed by atoms with Crippen molar-refractivity contribution in [3.63, 3.8) is 0 Å². The molecule has 158 valence electrons. The lowest BCUT2D eigenvalue weighted by Crippen LogP contribution is -2.31. The number of thiazole rings is 1. The molecule has 1 aromatic carbocycles. The Kier molecular flexibility index (Phi) is 6.27. The quantitative estimate of drug-likeness (QED) is 0.623. The molecule has 0 bridgehead atoms. The fourth-order valence-corrected chi connectivity index (χ4v) is 4.45. The number of aryl methyl sites for hydroxylation is 4. The van der Waals surface area contributed by atoms with Gasteiger partial charge in [0.1, 0.15) is 12.2 Å². The Morgan fingerprint density at radius 2 is 2.00 bits per heavy atom. The maximum atomic E-state index is 12.6. The van der Waals surface area contributed by atoms with Gasteiger partial charge in [-0.3, -0.25) is 5.32 Å². The molecular formula is C21H27N7OS. The predicted molar refractivity (Wildman–Crippen MR) is 120 cm³/mol. The zero-order valence-electron chi connectivity index (χ0n) is 17.4. The average molecular weight is 426 g/mol. The first-order valence-corrected chi connectivity index (χ1v) is 11.1. The van der Waals surface area contributed by atoms with Crippen LogP contribution >= 0.6 is 11.3 Å². The van der Waals surface area contributed by atoms with Gasteiger partial charge in [0.05, 0.1) is 11.4 Å². The Labute approximate surface area is 180 Å². The van der Waals surface area contributed by atoms with Crippen molar-refractivity contribution in [3.05, 3.63) is 47.0 Å². The molecule has 2 amide bonds. The third-order valence-corrected chi connectivity index (χ3v) is 6.24. The summed E-state index contributed by atoms with van der Waals surface area (Å²) in [5.74, 6) is 0.931. The average Bonchev–Trinajstić information content (AvgIpc) is 3.36. The van der Waals surface area contributed by atoms with E-state index in [-0.39, 0.29) is 6.03 Å². The van der Waals surface area contributed by atoms with Crippen LogP contribution in [-0.2, 0) is 19.9 Å². The van der Waals surface area contributed by atoms with Crippen LogP contribution in [0.3, 0.4) is 0 Å². The lowest BCUT2D eigenvalue weighted by Gasteiger charge is -2.30. The molecule has 0 unspecified atom stereocenters. The maximum Gasteiger partial charge on any atom is 0.325 e. The van der Waals surface area contributed by atoms with Gasteiger partial charge in [-0.2, -0.15) is 0 Å². The molecule has 0 aliphatic carbocycles. The molecule has 0 spiro atoms. The van der Waals surface area contributed by atoms with E-state index in [1.54, 1.807) is 6.33 Å². The fraction of sp³-hybridized carbons (Fsp3) is 0.429. The number of carbonyl (C=O) groups excluding carboxylic acids is 1. The summed E-state index contributed by atoms with van der Waals surface area (Å²) in [5.41, 5.74) is 3.11. The van der Waals surface area contributed by atoms with Gasteiger partial charge < -0.3 is 14.8 Å². The predicted octanol–water partition coefficient (Wildman–Crippen LogP) is 4.00. The zero-order valence-corrected chi connectivity index (χ0v) is 18.2. The van der Waals surface area contributed by atoms with E-state index in [1.807, 2.05) is 29.9 Å². The number of rotatable bonds is 6. The van der Waals surface area contributed by atoms with E-state index in [0.29, 0.717) is 5.13 Å². The number of piperidine rings is 1. The van der Waals surface area contributed by atoms with Gasteiger partial charge in [-0.05, 0) is 50.3 Å². The van der Waals surface area contributed by atoms with Crippen molar-refractivity contribution in [2.45, 2.75) is 39.0 Å². The lowest BCUT2D eigenvalue weighted by atomic mass is 10.1. The van der Waals surface area contributed by atoms with E-state index < -0.39 is 0 Å². The lowest BCUT2D eigenvalue weighted by molar-refractivity contribution is 0.262. The highest BCUT2D eigenvalue weighted by Crippen LogP contribution is 2.30. The second-order valence-corrected chi connectivity index (χ2v) is 8.75. The van der Waals surface area contributed by atoms with E-state index in [1.165, 1.54) is 36.2 Å². The molecule has 0 saturated carbocycles. The standard InChI is InChI=1S/C21H27N7OS/c1-15-6-8-17(18(12-15)28-10-4-3-5-11-28)24-20(29)25-21-22-13-16(30-21)7-9-19-26-23-14-27(19)2/h6,8,12-14H,3-5,7,9-11H2,1-2H3,(H2,22,24,25,29). The number of hydrogen-bond acceptors (Lipinski definition) is 6. The third kappa shape index (κ3) is 4.96. The highest BCUT2D eigenvalue weighted by Gasteiger charge is 2.17. The summed E-state index contributed by atoms with van der Waals surface area (Å²) in [7, 11) is 1.93. The molecular weight excluding hydrogens is 398 g/mol. The zero-order chi connectivity index (χ0) is 20.9. The van der Waals surface area contributed by atoms with Crippen LogP contribution in [0.25, 0.3) is 0 Å². The summed E-state index contributed by atoms with van der Waals surface area (Å²) < 4.78 is 1.91. The van der Waals surface area contributed by atoms with E-state index in [4.69, 9.17) is 0 Å². The van der Waals surface area contributed by atoms with E-state index >= 15 is 0 Å². The minimum Gasteiger partial charge on any atom is -0.370 e. The number of nitrogens with one attached hydrogen (secondary N) is 2. The summed E-state index contributed by atoms with van der Waals surface area (Å²) in [5, 5.41) is 14.5. The highest BCUT2D eigenvalue weighted by molar-refractivity contribution is 7.15. The SMILES string of the molecule is Cc1ccc(NC(=O)Nc2ncc(CCc3nncn3C)s2)c(N2CCCCC2)c1. The second-order valence-electron chi connectivity index (χ2n) is 7.64. The van der Waals surface area contributed by atoms with Crippen molar-refractivity contribution in [2.24, 2.45) is 7.05 Å². The van der Waals surface area contributed by atoms with Crippen molar-refractivity contribution in [1.82, 2.24) is 19.7 Å². The molecule has 1 aliphatic rings. The molecule has 3 aromatic rings. The molecule has 8 nitrogen and oxygen atoms in total. The van der Waals surface area contributed by atoms with Crippen molar-refractivity contribution in [3.8, 4) is 0 Å². The van der Waals surface area contributed by atoms with Gasteiger partial charge in [0.15, 0.2) is 5.13 Å². The summed E-state index contributed by atoms with van der Waals surface area (Å²) >= 11 is 1.48. The molecule has 1 saturated heterocycles. The Bertz CT molecular complexity index is 1010. The van der Waals surface area contributed by atoms with Crippen LogP contribution < -0.4 is 15.5 Å². The first kappa shape index (κ1) is 20.3. The molecule has 3 heterocycles. The smallest absolute Gasteiger partial charge is 0.325 e. The van der Waals surface area contributed by atoms with Crippen LogP contribution in [0.2, 0.25) is 0 Å². The third-order valence-electron chi connectivity index (χ3n) is 5.27. The number of hydrogen-bond donors (Lipinski definition) is 2. The van der Waals surface area contributed by atoms with Crippen LogP contribution in [-0.4, -0.2) is 38.9 Å². The van der Waals surface area contributed by atoms with Gasteiger partial charge in [0, 0.05) is 37.6 Å². The van der Waals surface area contributed by atoms with Crippen LogP contribution in [0.4, 0.5) is 21.3 Å². The summed E-state index contributed by atoms with van der Waals surface area (Å²) in [6.45, 7) is 4.14. The van der Waals surface area contributed by atoms with E-state index in [0.717, 1.165) is 48.0 Å². The fourth-order valence-electron chi connectivity index (χ4n) is 3.64. The Balaban J connectivity index is 1.37. The van der Waals surface area contributed by atoms with Crippen molar-refractivity contribution >= 4 is 33.9 Å². The minimum atomic E-state index is -0.272. The second kappa shape index (κ2) is 9.25. The number of nitrogens with zero attached hydrogens (tertiary/aromatic N) is 5. The molecule has 2 N–H and O–H groups in total. The summed E-state index contributed by atoms with van der Waals surface area (Å²) in [6.07, 6.45) is 8.75. The summed E-state index contributed by atoms with van der Waals surface area (Å²) in [4.78, 5) is 20.4. The van der Waals surface area contributed by atoms with Crippen molar-refractivity contribution in [2.75, 3.05) is 28.6 Å². The molecule has 1 aliphatic heterocycles. The Morgan fingerprint density at radius 1 is 1.17 bits per heavy atom. The highest BCUT2D eigenvalue weighted by atomic mass is 32.1. The number of amides is 2. The van der Waals surface area contributed by atoms with Crippen LogP contribution in [0.1, 0.15) is 35.5 Å². The van der Waals surface area contributed by atoms with Gasteiger partial charge in [-0.1, -0.05) is 6.07 Å². The van der Waals surface area contributed by atoms with Gasteiger partial charge >= 0.3 is 6.03 Å². The van der Waals surface area contributed by atoms with Crippen molar-refractivity contribution in [1.29, 1.82) is 0 Å².